The van der Waals surface area contributed by atoms with Crippen LogP contribution in [-0.2, 0) is 20.0 Å². The molecule has 1 aliphatic rings. The molecule has 4 nitrogen and oxygen atoms in total. The molecule has 1 unspecified atom stereocenters. The summed E-state index contributed by atoms with van der Waals surface area (Å²) in [5.41, 5.74) is 3.59. The van der Waals surface area contributed by atoms with Gasteiger partial charge in [-0.1, -0.05) is 18.2 Å². The molecule has 0 saturated carbocycles. The Balaban J connectivity index is 1.73. The van der Waals surface area contributed by atoms with E-state index in [4.69, 9.17) is 0 Å². The fraction of sp³-hybridized carbons (Fsp3) is 0.400. The van der Waals surface area contributed by atoms with Gasteiger partial charge < -0.3 is 10.4 Å². The van der Waals surface area contributed by atoms with Crippen LogP contribution in [0.15, 0.2) is 30.5 Å². The summed E-state index contributed by atoms with van der Waals surface area (Å²) in [6.07, 6.45) is 5.40. The highest BCUT2D eigenvalue weighted by Crippen LogP contribution is 2.29. The number of fused-ring (bicyclic) bond motifs is 1. The summed E-state index contributed by atoms with van der Waals surface area (Å²) in [4.78, 5) is 0. The minimum atomic E-state index is 0.344. The van der Waals surface area contributed by atoms with Crippen LogP contribution in [0.3, 0.4) is 0 Å². The maximum absolute atomic E-state index is 9.78. The fourth-order valence-corrected chi connectivity index (χ4v) is 2.81. The van der Waals surface area contributed by atoms with E-state index in [1.807, 2.05) is 36.1 Å². The zero-order valence-electron chi connectivity index (χ0n) is 11.1. The Hall–Kier alpha value is -1.81. The van der Waals surface area contributed by atoms with Gasteiger partial charge in [-0.3, -0.25) is 4.68 Å². The van der Waals surface area contributed by atoms with E-state index in [0.29, 0.717) is 18.3 Å². The van der Waals surface area contributed by atoms with Crippen molar-refractivity contribution in [2.24, 2.45) is 7.05 Å². The molecule has 0 spiro atoms. The van der Waals surface area contributed by atoms with Crippen LogP contribution in [0.4, 0.5) is 0 Å². The van der Waals surface area contributed by atoms with Crippen LogP contribution in [0.25, 0.3) is 0 Å². The Morgan fingerprint density at radius 2 is 2.26 bits per heavy atom. The van der Waals surface area contributed by atoms with Crippen LogP contribution < -0.4 is 5.32 Å². The Bertz CT molecular complexity index is 577. The number of aromatic nitrogens is 2. The van der Waals surface area contributed by atoms with Gasteiger partial charge in [-0.25, -0.2) is 0 Å². The van der Waals surface area contributed by atoms with Crippen molar-refractivity contribution in [3.63, 3.8) is 0 Å². The van der Waals surface area contributed by atoms with E-state index >= 15 is 0 Å². The van der Waals surface area contributed by atoms with Crippen molar-refractivity contribution in [1.29, 1.82) is 0 Å². The lowest BCUT2D eigenvalue weighted by Gasteiger charge is -2.24. The largest absolute Gasteiger partial charge is 0.508 e. The molecule has 1 aromatic carbocycles. The standard InChI is InChI=1S/C15H19N3O/c1-18-14-7-4-6-13(12(14)10-17-18)16-9-11-5-2-3-8-15(11)19/h2-3,5,8,10,13,16,19H,4,6-7,9H2,1H3. The lowest BCUT2D eigenvalue weighted by molar-refractivity contribution is 0.434. The first-order chi connectivity index (χ1) is 9.25. The Morgan fingerprint density at radius 3 is 3.11 bits per heavy atom. The average Bonchev–Trinajstić information content (AvgIpc) is 2.81. The summed E-state index contributed by atoms with van der Waals surface area (Å²) in [5, 5.41) is 17.7. The van der Waals surface area contributed by atoms with Crippen molar-refractivity contribution in [2.45, 2.75) is 31.8 Å². The molecule has 1 aromatic heterocycles. The van der Waals surface area contributed by atoms with Crippen molar-refractivity contribution >= 4 is 0 Å². The monoisotopic (exact) mass is 257 g/mol. The van der Waals surface area contributed by atoms with Gasteiger partial charge in [0.1, 0.15) is 5.75 Å². The smallest absolute Gasteiger partial charge is 0.120 e. The number of phenols is 1. The topological polar surface area (TPSA) is 50.1 Å². The number of rotatable bonds is 3. The maximum atomic E-state index is 9.78. The van der Waals surface area contributed by atoms with Crippen molar-refractivity contribution in [3.05, 3.63) is 47.3 Å². The lowest BCUT2D eigenvalue weighted by Crippen LogP contribution is -2.24. The van der Waals surface area contributed by atoms with E-state index < -0.39 is 0 Å². The van der Waals surface area contributed by atoms with Gasteiger partial charge in [-0.15, -0.1) is 0 Å². The van der Waals surface area contributed by atoms with E-state index in [1.165, 1.54) is 17.7 Å². The highest BCUT2D eigenvalue weighted by molar-refractivity contribution is 5.32. The van der Waals surface area contributed by atoms with E-state index in [1.54, 1.807) is 6.07 Å². The van der Waals surface area contributed by atoms with Gasteiger partial charge in [-0.05, 0) is 25.3 Å². The predicted octanol–water partition coefficient (Wildman–Crippen LogP) is 2.29. The van der Waals surface area contributed by atoms with Gasteiger partial charge in [0.25, 0.3) is 0 Å². The third kappa shape index (κ3) is 2.36. The summed E-state index contributed by atoms with van der Waals surface area (Å²) in [7, 11) is 2.00. The number of hydrogen-bond acceptors (Lipinski definition) is 3. The Morgan fingerprint density at radius 1 is 1.42 bits per heavy atom. The molecule has 1 aliphatic carbocycles. The van der Waals surface area contributed by atoms with E-state index in [9.17, 15) is 5.11 Å². The summed E-state index contributed by atoms with van der Waals surface area (Å²) in [6.45, 7) is 0.686. The highest BCUT2D eigenvalue weighted by atomic mass is 16.3. The second-order valence-corrected chi connectivity index (χ2v) is 5.12. The number of nitrogens with one attached hydrogen (secondary N) is 1. The average molecular weight is 257 g/mol. The molecule has 4 heteroatoms. The molecule has 100 valence electrons. The number of para-hydroxylation sites is 1. The highest BCUT2D eigenvalue weighted by Gasteiger charge is 2.22. The molecule has 1 atom stereocenters. The molecule has 0 fully saturated rings. The molecule has 2 N–H and O–H groups in total. The molecular formula is C15H19N3O. The van der Waals surface area contributed by atoms with Crippen LogP contribution >= 0.6 is 0 Å². The first-order valence-electron chi connectivity index (χ1n) is 6.76. The van der Waals surface area contributed by atoms with Gasteiger partial charge in [0.2, 0.25) is 0 Å². The number of hydrogen-bond donors (Lipinski definition) is 2. The van der Waals surface area contributed by atoms with Crippen molar-refractivity contribution < 1.29 is 5.11 Å². The SMILES string of the molecule is Cn1ncc2c1CCCC2NCc1ccccc1O. The number of aromatic hydroxyl groups is 1. The number of phenolic OH excluding ortho intramolecular Hbond substituents is 1. The second-order valence-electron chi connectivity index (χ2n) is 5.12. The molecule has 0 bridgehead atoms. The lowest BCUT2D eigenvalue weighted by atomic mass is 9.93. The zero-order valence-corrected chi connectivity index (χ0v) is 11.1. The molecule has 0 amide bonds. The Labute approximate surface area is 113 Å². The number of aryl methyl sites for hydroxylation is 1. The van der Waals surface area contributed by atoms with Crippen molar-refractivity contribution in [2.75, 3.05) is 0 Å². The van der Waals surface area contributed by atoms with E-state index in [-0.39, 0.29) is 0 Å². The van der Waals surface area contributed by atoms with Gasteiger partial charge in [-0.2, -0.15) is 5.10 Å². The van der Waals surface area contributed by atoms with Crippen LogP contribution in [0.2, 0.25) is 0 Å². The van der Waals surface area contributed by atoms with E-state index in [0.717, 1.165) is 18.4 Å². The molecule has 0 radical (unpaired) electrons. The minimum Gasteiger partial charge on any atom is -0.508 e. The molecule has 0 aliphatic heterocycles. The third-order valence-electron chi connectivity index (χ3n) is 3.91. The van der Waals surface area contributed by atoms with Crippen LogP contribution in [0, 0.1) is 0 Å². The van der Waals surface area contributed by atoms with Gasteiger partial charge in [0.05, 0.1) is 6.20 Å². The second kappa shape index (κ2) is 5.05. The summed E-state index contributed by atoms with van der Waals surface area (Å²) in [6, 6.07) is 7.83. The Kier molecular flexibility index (Phi) is 3.25. The number of nitrogens with zero attached hydrogens (tertiary/aromatic N) is 2. The first-order valence-corrected chi connectivity index (χ1v) is 6.76. The molecule has 0 saturated heterocycles. The quantitative estimate of drug-likeness (QED) is 0.887. The van der Waals surface area contributed by atoms with Gasteiger partial charge in [0.15, 0.2) is 0 Å². The third-order valence-corrected chi connectivity index (χ3v) is 3.91. The minimum absolute atomic E-state index is 0.344. The fourth-order valence-electron chi connectivity index (χ4n) is 2.81. The molecule has 3 rings (SSSR count). The van der Waals surface area contributed by atoms with Crippen molar-refractivity contribution in [3.8, 4) is 5.75 Å². The molecule has 2 aromatic rings. The molecule has 19 heavy (non-hydrogen) atoms. The maximum Gasteiger partial charge on any atom is 0.120 e. The molecule has 1 heterocycles. The predicted molar refractivity (Wildman–Crippen MR) is 73.8 cm³/mol. The van der Waals surface area contributed by atoms with Crippen molar-refractivity contribution in [1.82, 2.24) is 15.1 Å². The van der Waals surface area contributed by atoms with Crippen LogP contribution in [0.1, 0.15) is 35.7 Å². The summed E-state index contributed by atoms with van der Waals surface area (Å²) >= 11 is 0. The normalized spacial score (nSPS) is 18.3. The van der Waals surface area contributed by atoms with Crippen LogP contribution in [-0.4, -0.2) is 14.9 Å². The van der Waals surface area contributed by atoms with E-state index in [2.05, 4.69) is 10.4 Å². The number of benzene rings is 1. The summed E-state index contributed by atoms with van der Waals surface area (Å²) in [5.74, 6) is 0.359. The zero-order chi connectivity index (χ0) is 13.2. The summed E-state index contributed by atoms with van der Waals surface area (Å²) < 4.78 is 1.98. The molecular weight excluding hydrogens is 238 g/mol. The first kappa shape index (κ1) is 12.2. The van der Waals surface area contributed by atoms with Gasteiger partial charge >= 0.3 is 0 Å². The van der Waals surface area contributed by atoms with Crippen LogP contribution in [0.5, 0.6) is 5.75 Å². The van der Waals surface area contributed by atoms with Gasteiger partial charge in [0, 0.05) is 36.5 Å².